The summed E-state index contributed by atoms with van der Waals surface area (Å²) in [5.74, 6) is -0.765. The van der Waals surface area contributed by atoms with E-state index in [0.717, 1.165) is 12.1 Å². The van der Waals surface area contributed by atoms with Crippen molar-refractivity contribution in [2.75, 3.05) is 5.73 Å². The molecule has 5 nitrogen and oxygen atoms in total. The summed E-state index contributed by atoms with van der Waals surface area (Å²) >= 11 is 0. The molecule has 0 atom stereocenters. The fourth-order valence-corrected chi connectivity index (χ4v) is 3.19. The van der Waals surface area contributed by atoms with Gasteiger partial charge in [0.2, 0.25) is 0 Å². The molecule has 2 rings (SSSR count). The highest BCUT2D eigenvalue weighted by atomic mass is 32.2. The minimum absolute atomic E-state index is 0.0573. The van der Waals surface area contributed by atoms with Crippen LogP contribution >= 0.6 is 0 Å². The molecule has 0 amide bonds. The number of benzene rings is 1. The first-order valence-electron chi connectivity index (χ1n) is 5.71. The third-order valence-electron chi connectivity index (χ3n) is 2.67. The Labute approximate surface area is 110 Å². The van der Waals surface area contributed by atoms with Crippen molar-refractivity contribution in [1.29, 1.82) is 0 Å². The third-order valence-corrected chi connectivity index (χ3v) is 4.43. The molecule has 2 aromatic rings. The van der Waals surface area contributed by atoms with Gasteiger partial charge in [-0.05, 0) is 25.1 Å². The van der Waals surface area contributed by atoms with Gasteiger partial charge in [0.15, 0.2) is 9.84 Å². The molecule has 102 valence electrons. The Morgan fingerprint density at radius 2 is 2.16 bits per heavy atom. The first-order chi connectivity index (χ1) is 8.92. The van der Waals surface area contributed by atoms with Crippen LogP contribution in [0.15, 0.2) is 35.5 Å². The Hall–Kier alpha value is -1.89. The minimum atomic E-state index is -3.60. The van der Waals surface area contributed by atoms with Gasteiger partial charge in [0.05, 0.1) is 22.5 Å². The number of nitrogens with two attached hydrogens (primary N) is 1. The Bertz CT molecular complexity index is 695. The lowest BCUT2D eigenvalue weighted by Gasteiger charge is -2.06. The number of aryl methyl sites for hydroxylation is 1. The van der Waals surface area contributed by atoms with Crippen LogP contribution < -0.4 is 5.73 Å². The molecule has 0 spiro atoms. The molecule has 0 aliphatic heterocycles. The second-order valence-corrected chi connectivity index (χ2v) is 6.10. The number of nitrogens with zero attached hydrogens (tertiary/aromatic N) is 2. The standard InChI is InChI=1S/C12H14FN3O2S/c1-2-16-7-9(6-15-16)8-19(17,18)12-4-3-10(13)5-11(12)14/h3-7H,2,8,14H2,1H3. The summed E-state index contributed by atoms with van der Waals surface area (Å²) in [5.41, 5.74) is 6.05. The van der Waals surface area contributed by atoms with Crippen LogP contribution in [0.4, 0.5) is 10.1 Å². The van der Waals surface area contributed by atoms with Crippen LogP contribution in [-0.4, -0.2) is 18.2 Å². The molecular weight excluding hydrogens is 269 g/mol. The van der Waals surface area contributed by atoms with Crippen molar-refractivity contribution in [2.45, 2.75) is 24.1 Å². The molecule has 0 unspecified atom stereocenters. The van der Waals surface area contributed by atoms with Gasteiger partial charge in [0.25, 0.3) is 0 Å². The van der Waals surface area contributed by atoms with Gasteiger partial charge in [-0.25, -0.2) is 12.8 Å². The zero-order chi connectivity index (χ0) is 14.0. The Kier molecular flexibility index (Phi) is 3.57. The van der Waals surface area contributed by atoms with E-state index in [1.807, 2.05) is 6.92 Å². The lowest BCUT2D eigenvalue weighted by molar-refractivity contribution is 0.594. The van der Waals surface area contributed by atoms with Crippen molar-refractivity contribution in [3.63, 3.8) is 0 Å². The summed E-state index contributed by atoms with van der Waals surface area (Å²) in [6.45, 7) is 2.57. The van der Waals surface area contributed by atoms with E-state index in [-0.39, 0.29) is 16.3 Å². The predicted octanol–water partition coefficient (Wildman–Crippen LogP) is 1.60. The summed E-state index contributed by atoms with van der Waals surface area (Å²) in [5, 5.41) is 4.01. The van der Waals surface area contributed by atoms with Crippen molar-refractivity contribution in [3.8, 4) is 0 Å². The molecule has 2 N–H and O–H groups in total. The lowest BCUT2D eigenvalue weighted by atomic mass is 10.3. The van der Waals surface area contributed by atoms with Crippen molar-refractivity contribution >= 4 is 15.5 Å². The van der Waals surface area contributed by atoms with Crippen molar-refractivity contribution in [1.82, 2.24) is 9.78 Å². The van der Waals surface area contributed by atoms with Gasteiger partial charge in [-0.15, -0.1) is 0 Å². The molecule has 0 radical (unpaired) electrons. The average molecular weight is 283 g/mol. The number of nitrogen functional groups attached to an aromatic ring is 1. The normalized spacial score (nSPS) is 11.7. The number of aromatic nitrogens is 2. The van der Waals surface area contributed by atoms with Crippen LogP contribution in [0.5, 0.6) is 0 Å². The predicted molar refractivity (Wildman–Crippen MR) is 69.6 cm³/mol. The maximum absolute atomic E-state index is 12.9. The van der Waals surface area contributed by atoms with Gasteiger partial charge in [-0.3, -0.25) is 4.68 Å². The first-order valence-corrected chi connectivity index (χ1v) is 7.36. The number of rotatable bonds is 4. The van der Waals surface area contributed by atoms with Crippen LogP contribution in [0.2, 0.25) is 0 Å². The van der Waals surface area contributed by atoms with E-state index in [9.17, 15) is 12.8 Å². The van der Waals surface area contributed by atoms with Crippen molar-refractivity contribution < 1.29 is 12.8 Å². The first kappa shape index (κ1) is 13.5. The van der Waals surface area contributed by atoms with E-state index in [4.69, 9.17) is 5.73 Å². The zero-order valence-electron chi connectivity index (χ0n) is 10.4. The SMILES string of the molecule is CCn1cc(CS(=O)(=O)c2ccc(F)cc2N)cn1. The topological polar surface area (TPSA) is 78.0 Å². The van der Waals surface area contributed by atoms with Crippen LogP contribution in [-0.2, 0) is 22.1 Å². The minimum Gasteiger partial charge on any atom is -0.398 e. The Morgan fingerprint density at radius 3 is 2.74 bits per heavy atom. The molecule has 19 heavy (non-hydrogen) atoms. The molecular formula is C12H14FN3O2S. The molecule has 1 aromatic heterocycles. The molecule has 0 fully saturated rings. The molecule has 1 heterocycles. The average Bonchev–Trinajstić information content (AvgIpc) is 2.75. The van der Waals surface area contributed by atoms with Crippen LogP contribution in [0.25, 0.3) is 0 Å². The van der Waals surface area contributed by atoms with Gasteiger partial charge < -0.3 is 5.73 Å². The van der Waals surface area contributed by atoms with E-state index >= 15 is 0 Å². The number of hydrogen-bond donors (Lipinski definition) is 1. The molecule has 0 aliphatic rings. The third kappa shape index (κ3) is 2.93. The van der Waals surface area contributed by atoms with Gasteiger partial charge in [-0.2, -0.15) is 5.10 Å². The Balaban J connectivity index is 2.32. The van der Waals surface area contributed by atoms with Gasteiger partial charge in [0.1, 0.15) is 5.82 Å². The van der Waals surface area contributed by atoms with Gasteiger partial charge in [-0.1, -0.05) is 0 Å². The number of hydrogen-bond acceptors (Lipinski definition) is 4. The highest BCUT2D eigenvalue weighted by Gasteiger charge is 2.19. The maximum Gasteiger partial charge on any atom is 0.184 e. The summed E-state index contributed by atoms with van der Waals surface area (Å²) in [6.07, 6.45) is 3.16. The van der Waals surface area contributed by atoms with Crippen LogP contribution in [0.1, 0.15) is 12.5 Å². The fourth-order valence-electron chi connectivity index (χ4n) is 1.75. The van der Waals surface area contributed by atoms with E-state index in [1.54, 1.807) is 10.9 Å². The molecule has 1 aromatic carbocycles. The second kappa shape index (κ2) is 5.00. The van der Waals surface area contributed by atoms with Crippen LogP contribution in [0, 0.1) is 5.82 Å². The van der Waals surface area contributed by atoms with E-state index in [2.05, 4.69) is 5.10 Å². The summed E-state index contributed by atoms with van der Waals surface area (Å²) in [7, 11) is -3.60. The summed E-state index contributed by atoms with van der Waals surface area (Å²) < 4.78 is 38.9. The number of sulfone groups is 1. The largest absolute Gasteiger partial charge is 0.398 e. The maximum atomic E-state index is 12.9. The number of halogens is 1. The van der Waals surface area contributed by atoms with Gasteiger partial charge in [0, 0.05) is 18.3 Å². The van der Waals surface area contributed by atoms with E-state index in [0.29, 0.717) is 12.1 Å². The highest BCUT2D eigenvalue weighted by Crippen LogP contribution is 2.23. The highest BCUT2D eigenvalue weighted by molar-refractivity contribution is 7.90. The van der Waals surface area contributed by atoms with Gasteiger partial charge >= 0.3 is 0 Å². The second-order valence-electron chi connectivity index (χ2n) is 4.15. The molecule has 0 aliphatic carbocycles. The van der Waals surface area contributed by atoms with E-state index < -0.39 is 15.7 Å². The monoisotopic (exact) mass is 283 g/mol. The smallest absolute Gasteiger partial charge is 0.184 e. The molecule has 7 heteroatoms. The molecule has 0 saturated heterocycles. The van der Waals surface area contributed by atoms with Crippen LogP contribution in [0.3, 0.4) is 0 Å². The van der Waals surface area contributed by atoms with Crippen molar-refractivity contribution in [2.24, 2.45) is 0 Å². The zero-order valence-corrected chi connectivity index (χ0v) is 11.2. The number of anilines is 1. The van der Waals surface area contributed by atoms with Crippen molar-refractivity contribution in [3.05, 3.63) is 42.0 Å². The van der Waals surface area contributed by atoms with E-state index in [1.165, 1.54) is 12.3 Å². The Morgan fingerprint density at radius 1 is 1.42 bits per heavy atom. The fraction of sp³-hybridized carbons (Fsp3) is 0.250. The summed E-state index contributed by atoms with van der Waals surface area (Å²) in [6, 6.07) is 3.27. The molecule has 0 bridgehead atoms. The molecule has 0 saturated carbocycles. The lowest BCUT2D eigenvalue weighted by Crippen LogP contribution is -2.08. The summed E-state index contributed by atoms with van der Waals surface area (Å²) in [4.78, 5) is -0.0573. The quantitative estimate of drug-likeness (QED) is 0.683.